The Bertz CT molecular complexity index is 116. The normalized spacial score (nSPS) is 9.71. The van der Waals surface area contributed by atoms with Gasteiger partial charge in [-0.1, -0.05) is 65.2 Å². The number of hydrogen-bond donors (Lipinski definition) is 2. The van der Waals surface area contributed by atoms with E-state index in [2.05, 4.69) is 13.8 Å². The molecule has 0 heterocycles. The molecule has 0 aromatic carbocycles. The van der Waals surface area contributed by atoms with Crippen LogP contribution in [0, 0.1) is 0 Å². The molecular weight excluding hydrogens is 359 g/mol. The first-order valence-corrected chi connectivity index (χ1v) is 8.20. The van der Waals surface area contributed by atoms with Crippen LogP contribution < -0.4 is 0 Å². The number of ether oxygens (including phenoxy) is 2. The first-order chi connectivity index (χ1) is 9.83. The van der Waals surface area contributed by atoms with Gasteiger partial charge in [-0.05, 0) is 12.8 Å². The molecule has 5 heteroatoms. The van der Waals surface area contributed by atoms with Crippen LogP contribution in [0.25, 0.3) is 0 Å². The Morgan fingerprint density at radius 3 is 1.19 bits per heavy atom. The third-order valence-electron chi connectivity index (χ3n) is 2.97. The SMILES string of the molecule is CCCCCCCOCO.CCCCCCCOCO.[Rh]. The van der Waals surface area contributed by atoms with Crippen LogP contribution in [-0.4, -0.2) is 37.0 Å². The molecule has 0 amide bonds. The predicted molar refractivity (Wildman–Crippen MR) is 83.6 cm³/mol. The summed E-state index contributed by atoms with van der Waals surface area (Å²) in [5.41, 5.74) is 0. The van der Waals surface area contributed by atoms with Crippen LogP contribution in [0.3, 0.4) is 0 Å². The minimum Gasteiger partial charge on any atom is -0.371 e. The van der Waals surface area contributed by atoms with Crippen LogP contribution in [0.2, 0.25) is 0 Å². The van der Waals surface area contributed by atoms with Crippen molar-refractivity contribution >= 4 is 0 Å². The van der Waals surface area contributed by atoms with E-state index in [0.717, 1.165) is 12.8 Å². The largest absolute Gasteiger partial charge is 0.371 e. The predicted octanol–water partition coefficient (Wildman–Crippen LogP) is 3.84. The van der Waals surface area contributed by atoms with E-state index in [0.29, 0.717) is 13.2 Å². The van der Waals surface area contributed by atoms with E-state index >= 15 is 0 Å². The van der Waals surface area contributed by atoms with E-state index in [4.69, 9.17) is 19.7 Å². The van der Waals surface area contributed by atoms with Gasteiger partial charge < -0.3 is 19.7 Å². The molecule has 0 bridgehead atoms. The average molecular weight is 395 g/mol. The number of aliphatic hydroxyl groups is 2. The zero-order valence-corrected chi connectivity index (χ0v) is 15.6. The van der Waals surface area contributed by atoms with E-state index in [1.54, 1.807) is 0 Å². The molecule has 0 aliphatic carbocycles. The van der Waals surface area contributed by atoms with Crippen molar-refractivity contribution in [2.45, 2.75) is 78.1 Å². The Balaban J connectivity index is -0.000000295. The van der Waals surface area contributed by atoms with Gasteiger partial charge in [-0.15, -0.1) is 0 Å². The smallest absolute Gasteiger partial charge is 0.143 e. The van der Waals surface area contributed by atoms with Crippen molar-refractivity contribution in [1.82, 2.24) is 0 Å². The zero-order valence-electron chi connectivity index (χ0n) is 13.9. The molecule has 4 nitrogen and oxygen atoms in total. The van der Waals surface area contributed by atoms with E-state index in [1.807, 2.05) is 0 Å². The Hall–Kier alpha value is 0.463. The van der Waals surface area contributed by atoms with Crippen LogP contribution >= 0.6 is 0 Å². The number of rotatable bonds is 14. The van der Waals surface area contributed by atoms with Gasteiger partial charge in [0.1, 0.15) is 13.6 Å². The van der Waals surface area contributed by atoms with Crippen LogP contribution in [0.1, 0.15) is 78.1 Å². The molecule has 21 heavy (non-hydrogen) atoms. The van der Waals surface area contributed by atoms with Crippen LogP contribution in [0.15, 0.2) is 0 Å². The average Bonchev–Trinajstić information content (AvgIpc) is 2.47. The van der Waals surface area contributed by atoms with Gasteiger partial charge in [0.25, 0.3) is 0 Å². The first kappa shape index (κ1) is 26.4. The molecule has 0 aromatic heterocycles. The number of hydrogen-bond acceptors (Lipinski definition) is 4. The number of aliphatic hydroxyl groups excluding tert-OH is 2. The molecule has 0 spiro atoms. The summed E-state index contributed by atoms with van der Waals surface area (Å²) in [5, 5.41) is 16.5. The Kier molecular flexibility index (Phi) is 35.9. The maximum absolute atomic E-state index is 8.25. The molecule has 1 radical (unpaired) electrons. The van der Waals surface area contributed by atoms with Crippen molar-refractivity contribution < 1.29 is 39.2 Å². The van der Waals surface area contributed by atoms with Gasteiger partial charge in [-0.2, -0.15) is 0 Å². The summed E-state index contributed by atoms with van der Waals surface area (Å²) in [6.07, 6.45) is 12.4. The van der Waals surface area contributed by atoms with Crippen molar-refractivity contribution in [2.75, 3.05) is 26.8 Å². The summed E-state index contributed by atoms with van der Waals surface area (Å²) in [6.45, 7) is 5.55. The third kappa shape index (κ3) is 33.3. The molecule has 0 unspecified atom stereocenters. The minimum absolute atomic E-state index is 0. The molecule has 2 N–H and O–H groups in total. The topological polar surface area (TPSA) is 58.9 Å². The molecule has 0 saturated heterocycles. The molecule has 0 saturated carbocycles. The van der Waals surface area contributed by atoms with Gasteiger partial charge in [0, 0.05) is 32.7 Å². The van der Waals surface area contributed by atoms with Crippen molar-refractivity contribution in [1.29, 1.82) is 0 Å². The van der Waals surface area contributed by atoms with Gasteiger partial charge in [0.05, 0.1) is 0 Å². The van der Waals surface area contributed by atoms with Crippen LogP contribution in [0.5, 0.6) is 0 Å². The molecule has 0 rings (SSSR count). The minimum atomic E-state index is -0.131. The molecule has 0 aromatic rings. The number of unbranched alkanes of at least 4 members (excludes halogenated alkanes) is 8. The standard InChI is InChI=1S/2C8H18O2.Rh/c2*1-2-3-4-5-6-7-10-8-9;/h2*9H,2-8H2,1H3;. The van der Waals surface area contributed by atoms with Crippen molar-refractivity contribution in [3.8, 4) is 0 Å². The molecule has 0 aliphatic rings. The van der Waals surface area contributed by atoms with Crippen molar-refractivity contribution in [3.05, 3.63) is 0 Å². The van der Waals surface area contributed by atoms with E-state index in [-0.39, 0.29) is 33.1 Å². The monoisotopic (exact) mass is 395 g/mol. The Labute approximate surface area is 144 Å². The van der Waals surface area contributed by atoms with Gasteiger partial charge in [-0.25, -0.2) is 0 Å². The zero-order chi connectivity index (χ0) is 15.3. The van der Waals surface area contributed by atoms with Gasteiger partial charge in [-0.3, -0.25) is 0 Å². The maximum atomic E-state index is 8.25. The second kappa shape index (κ2) is 28.6. The molecule has 0 aliphatic heterocycles. The van der Waals surface area contributed by atoms with Crippen LogP contribution in [-0.2, 0) is 29.0 Å². The summed E-state index contributed by atoms with van der Waals surface area (Å²) < 4.78 is 9.54. The van der Waals surface area contributed by atoms with Crippen LogP contribution in [0.4, 0.5) is 0 Å². The molecular formula is C16H36O4Rh. The second-order valence-electron chi connectivity index (χ2n) is 4.90. The third-order valence-corrected chi connectivity index (χ3v) is 2.97. The summed E-state index contributed by atoms with van der Waals surface area (Å²) in [5.74, 6) is 0. The Morgan fingerprint density at radius 1 is 0.571 bits per heavy atom. The fourth-order valence-corrected chi connectivity index (χ4v) is 1.74. The molecule has 0 fully saturated rings. The summed E-state index contributed by atoms with van der Waals surface area (Å²) in [6, 6.07) is 0. The Morgan fingerprint density at radius 2 is 0.905 bits per heavy atom. The summed E-state index contributed by atoms with van der Waals surface area (Å²) >= 11 is 0. The van der Waals surface area contributed by atoms with E-state index in [9.17, 15) is 0 Å². The quantitative estimate of drug-likeness (QED) is 0.267. The van der Waals surface area contributed by atoms with E-state index < -0.39 is 0 Å². The first-order valence-electron chi connectivity index (χ1n) is 8.20. The van der Waals surface area contributed by atoms with Gasteiger partial charge in [0.15, 0.2) is 0 Å². The van der Waals surface area contributed by atoms with Gasteiger partial charge in [0.2, 0.25) is 0 Å². The fraction of sp³-hybridized carbons (Fsp3) is 1.00. The fourth-order valence-electron chi connectivity index (χ4n) is 1.74. The van der Waals surface area contributed by atoms with Crippen molar-refractivity contribution in [2.24, 2.45) is 0 Å². The second-order valence-corrected chi connectivity index (χ2v) is 4.90. The molecule has 0 atom stereocenters. The maximum Gasteiger partial charge on any atom is 0.143 e. The molecule has 133 valence electrons. The summed E-state index contributed by atoms with van der Waals surface area (Å²) in [4.78, 5) is 0. The van der Waals surface area contributed by atoms with Gasteiger partial charge >= 0.3 is 0 Å². The van der Waals surface area contributed by atoms with Crippen molar-refractivity contribution in [3.63, 3.8) is 0 Å². The van der Waals surface area contributed by atoms with E-state index in [1.165, 1.54) is 51.4 Å². The summed E-state index contributed by atoms with van der Waals surface area (Å²) in [7, 11) is 0.